The van der Waals surface area contributed by atoms with Crippen molar-refractivity contribution >= 4 is 21.8 Å². The Balaban J connectivity index is 1.66. The summed E-state index contributed by atoms with van der Waals surface area (Å²) >= 11 is 3.47. The third-order valence-electron chi connectivity index (χ3n) is 5.92. The molecule has 0 bridgehead atoms. The number of imidazole rings is 1. The second-order valence-electron chi connectivity index (χ2n) is 7.63. The lowest BCUT2D eigenvalue weighted by atomic mass is 9.79. The minimum Gasteiger partial charge on any atom is -0.336 e. The summed E-state index contributed by atoms with van der Waals surface area (Å²) in [4.78, 5) is 19.0. The molecule has 1 fully saturated rings. The number of carbonyl (C=O) groups is 1. The fraction of sp³-hybridized carbons (Fsp3) is 0.273. The van der Waals surface area contributed by atoms with Crippen molar-refractivity contribution in [1.29, 1.82) is 0 Å². The Morgan fingerprint density at radius 1 is 1.14 bits per heavy atom. The smallest absolute Gasteiger partial charge is 0.267 e. The predicted molar refractivity (Wildman–Crippen MR) is 109 cm³/mol. The molecule has 0 radical (unpaired) electrons. The number of rotatable bonds is 3. The van der Waals surface area contributed by atoms with Gasteiger partial charge in [0.25, 0.3) is 5.92 Å². The van der Waals surface area contributed by atoms with Crippen molar-refractivity contribution in [2.24, 2.45) is 0 Å². The maximum absolute atomic E-state index is 13.7. The van der Waals surface area contributed by atoms with Crippen LogP contribution in [-0.2, 0) is 10.3 Å². The molecule has 148 valence electrons. The van der Waals surface area contributed by atoms with E-state index in [1.165, 1.54) is 4.90 Å². The molecule has 0 N–H and O–H groups in total. The summed E-state index contributed by atoms with van der Waals surface area (Å²) < 4.78 is 30.4. The Morgan fingerprint density at radius 2 is 1.90 bits per heavy atom. The van der Waals surface area contributed by atoms with E-state index in [-0.39, 0.29) is 25.3 Å². The standard InChI is InChI=1S/C22H18BrF2N3O/c23-16-7-5-15(6-8-16)22(13-19(29)27-11-9-21(24,25)14-27)18-4-2-1-3-17(18)20-26-10-12-28(20)22/h1-8,10,12H,9,11,13-14H2. The fourth-order valence-electron chi connectivity index (χ4n) is 4.56. The molecule has 2 aliphatic rings. The Labute approximate surface area is 175 Å². The van der Waals surface area contributed by atoms with Crippen molar-refractivity contribution < 1.29 is 13.6 Å². The van der Waals surface area contributed by atoms with Gasteiger partial charge in [-0.05, 0) is 23.3 Å². The highest BCUT2D eigenvalue weighted by atomic mass is 79.9. The molecular formula is C22H18BrF2N3O. The molecule has 3 heterocycles. The minimum atomic E-state index is -2.81. The molecule has 0 aliphatic carbocycles. The fourth-order valence-corrected chi connectivity index (χ4v) is 4.83. The van der Waals surface area contributed by atoms with Gasteiger partial charge >= 0.3 is 0 Å². The van der Waals surface area contributed by atoms with Crippen LogP contribution < -0.4 is 0 Å². The van der Waals surface area contributed by atoms with E-state index in [2.05, 4.69) is 20.9 Å². The average Bonchev–Trinajstić information content (AvgIpc) is 3.38. The molecule has 2 aromatic carbocycles. The number of nitrogens with zero attached hydrogens (tertiary/aromatic N) is 3. The van der Waals surface area contributed by atoms with E-state index >= 15 is 0 Å². The zero-order valence-electron chi connectivity index (χ0n) is 15.5. The number of benzene rings is 2. The summed E-state index contributed by atoms with van der Waals surface area (Å²) in [6.45, 7) is -0.429. The molecule has 0 saturated carbocycles. The molecule has 1 saturated heterocycles. The second kappa shape index (κ2) is 6.49. The first-order valence-corrected chi connectivity index (χ1v) is 10.3. The van der Waals surface area contributed by atoms with Crippen molar-refractivity contribution in [3.8, 4) is 11.4 Å². The number of hydrogen-bond donors (Lipinski definition) is 0. The number of fused-ring (bicyclic) bond motifs is 3. The van der Waals surface area contributed by atoms with E-state index in [4.69, 9.17) is 0 Å². The third-order valence-corrected chi connectivity index (χ3v) is 6.45. The summed E-state index contributed by atoms with van der Waals surface area (Å²) in [5.41, 5.74) is 2.02. The minimum absolute atomic E-state index is 0.0606. The third kappa shape index (κ3) is 2.82. The van der Waals surface area contributed by atoms with E-state index < -0.39 is 18.0 Å². The van der Waals surface area contributed by atoms with Crippen molar-refractivity contribution in [3.05, 3.63) is 76.5 Å². The highest BCUT2D eigenvalue weighted by Gasteiger charge is 2.48. The number of halogens is 3. The van der Waals surface area contributed by atoms with Gasteiger partial charge in [-0.15, -0.1) is 0 Å². The Kier molecular flexibility index (Phi) is 4.13. The van der Waals surface area contributed by atoms with Gasteiger partial charge in [-0.1, -0.05) is 52.3 Å². The average molecular weight is 458 g/mol. The number of alkyl halides is 2. The monoisotopic (exact) mass is 457 g/mol. The van der Waals surface area contributed by atoms with Crippen molar-refractivity contribution in [1.82, 2.24) is 14.5 Å². The first-order valence-electron chi connectivity index (χ1n) is 9.46. The van der Waals surface area contributed by atoms with Crippen LogP contribution in [0.15, 0.2) is 65.4 Å². The van der Waals surface area contributed by atoms with Crippen LogP contribution in [0.1, 0.15) is 24.0 Å². The van der Waals surface area contributed by atoms with Crippen molar-refractivity contribution in [2.75, 3.05) is 13.1 Å². The van der Waals surface area contributed by atoms with Gasteiger partial charge in [-0.3, -0.25) is 4.79 Å². The summed E-state index contributed by atoms with van der Waals surface area (Å²) in [5, 5.41) is 0. The van der Waals surface area contributed by atoms with Gasteiger partial charge in [-0.2, -0.15) is 0 Å². The lowest BCUT2D eigenvalue weighted by Crippen LogP contribution is -2.41. The topological polar surface area (TPSA) is 38.1 Å². The molecule has 0 spiro atoms. The first kappa shape index (κ1) is 18.5. The van der Waals surface area contributed by atoms with Crippen LogP contribution in [0.5, 0.6) is 0 Å². The molecule has 1 unspecified atom stereocenters. The number of amides is 1. The van der Waals surface area contributed by atoms with Crippen LogP contribution in [-0.4, -0.2) is 39.4 Å². The zero-order valence-corrected chi connectivity index (χ0v) is 17.1. The van der Waals surface area contributed by atoms with E-state index in [9.17, 15) is 13.6 Å². The van der Waals surface area contributed by atoms with Gasteiger partial charge in [0, 0.05) is 35.4 Å². The number of hydrogen-bond acceptors (Lipinski definition) is 2. The molecule has 7 heteroatoms. The second-order valence-corrected chi connectivity index (χ2v) is 8.55. The summed E-state index contributed by atoms with van der Waals surface area (Å²) in [5.74, 6) is -2.31. The van der Waals surface area contributed by atoms with Crippen LogP contribution in [0.4, 0.5) is 8.78 Å². The van der Waals surface area contributed by atoms with Crippen LogP contribution in [0.2, 0.25) is 0 Å². The maximum Gasteiger partial charge on any atom is 0.267 e. The lowest BCUT2D eigenvalue weighted by molar-refractivity contribution is -0.132. The van der Waals surface area contributed by atoms with Crippen LogP contribution in [0, 0.1) is 0 Å². The Bertz CT molecular complexity index is 1100. The summed E-state index contributed by atoms with van der Waals surface area (Å²) in [6.07, 6.45) is 3.36. The quantitative estimate of drug-likeness (QED) is 0.572. The lowest BCUT2D eigenvalue weighted by Gasteiger charge is -2.34. The largest absolute Gasteiger partial charge is 0.336 e. The van der Waals surface area contributed by atoms with Crippen LogP contribution in [0.3, 0.4) is 0 Å². The molecule has 1 amide bonds. The highest BCUT2D eigenvalue weighted by molar-refractivity contribution is 9.10. The van der Waals surface area contributed by atoms with E-state index in [0.717, 1.165) is 27.0 Å². The highest BCUT2D eigenvalue weighted by Crippen LogP contribution is 2.49. The SMILES string of the molecule is O=C(CC1(c2ccc(Br)cc2)c2ccccc2-c2nccn21)N1CCC(F)(F)C1. The van der Waals surface area contributed by atoms with E-state index in [0.29, 0.717) is 0 Å². The normalized spacial score (nSPS) is 21.8. The van der Waals surface area contributed by atoms with Crippen LogP contribution >= 0.6 is 15.9 Å². The number of likely N-dealkylation sites (tertiary alicyclic amines) is 1. The van der Waals surface area contributed by atoms with Gasteiger partial charge in [0.1, 0.15) is 11.4 Å². The molecule has 4 nitrogen and oxygen atoms in total. The van der Waals surface area contributed by atoms with Crippen molar-refractivity contribution in [3.63, 3.8) is 0 Å². The van der Waals surface area contributed by atoms with Gasteiger partial charge in [0.15, 0.2) is 0 Å². The Hall–Kier alpha value is -2.54. The first-order chi connectivity index (χ1) is 13.9. The number of aromatic nitrogens is 2. The summed E-state index contributed by atoms with van der Waals surface area (Å²) in [6, 6.07) is 15.7. The van der Waals surface area contributed by atoms with E-state index in [1.54, 1.807) is 6.20 Å². The van der Waals surface area contributed by atoms with Gasteiger partial charge in [0.2, 0.25) is 5.91 Å². The zero-order chi connectivity index (χ0) is 20.2. The molecule has 3 aromatic rings. The molecule has 29 heavy (non-hydrogen) atoms. The molecule has 1 aromatic heterocycles. The molecular weight excluding hydrogens is 440 g/mol. The number of carbonyl (C=O) groups excluding carboxylic acids is 1. The molecule has 2 aliphatic heterocycles. The molecule has 1 atom stereocenters. The predicted octanol–water partition coefficient (Wildman–Crippen LogP) is 4.68. The Morgan fingerprint density at radius 3 is 2.62 bits per heavy atom. The van der Waals surface area contributed by atoms with Gasteiger partial charge < -0.3 is 9.47 Å². The molecule has 5 rings (SSSR count). The van der Waals surface area contributed by atoms with Crippen LogP contribution in [0.25, 0.3) is 11.4 Å². The van der Waals surface area contributed by atoms with Gasteiger partial charge in [-0.25, -0.2) is 13.8 Å². The summed E-state index contributed by atoms with van der Waals surface area (Å²) in [7, 11) is 0. The van der Waals surface area contributed by atoms with Crippen molar-refractivity contribution in [2.45, 2.75) is 24.3 Å². The van der Waals surface area contributed by atoms with E-state index in [1.807, 2.05) is 59.3 Å². The maximum atomic E-state index is 13.7. The van der Waals surface area contributed by atoms with Gasteiger partial charge in [0.05, 0.1) is 13.0 Å².